The number of nitrogens with one attached hydrogen (secondary N) is 1. The van der Waals surface area contributed by atoms with E-state index >= 15 is 0 Å². The zero-order chi connectivity index (χ0) is 14.4. The number of amides is 1. The summed E-state index contributed by atoms with van der Waals surface area (Å²) >= 11 is 0. The SMILES string of the molecule is COc1ccc(CNC(=O)CN2CCC[C@@H]2CO)cc1. The molecule has 110 valence electrons. The summed E-state index contributed by atoms with van der Waals surface area (Å²) in [6.45, 7) is 1.90. The van der Waals surface area contributed by atoms with Crippen LogP contribution in [0.4, 0.5) is 0 Å². The first kappa shape index (κ1) is 14.8. The molecule has 2 rings (SSSR count). The van der Waals surface area contributed by atoms with Gasteiger partial charge in [-0.25, -0.2) is 0 Å². The lowest BCUT2D eigenvalue weighted by atomic mass is 10.2. The average Bonchev–Trinajstić information content (AvgIpc) is 2.92. The maximum absolute atomic E-state index is 11.9. The Bertz CT molecular complexity index is 433. The molecule has 1 aliphatic rings. The fraction of sp³-hybridized carbons (Fsp3) is 0.533. The molecule has 1 heterocycles. The van der Waals surface area contributed by atoms with E-state index in [-0.39, 0.29) is 18.6 Å². The number of nitrogens with zero attached hydrogens (tertiary/aromatic N) is 1. The van der Waals surface area contributed by atoms with Gasteiger partial charge >= 0.3 is 0 Å². The van der Waals surface area contributed by atoms with Gasteiger partial charge in [0.25, 0.3) is 0 Å². The lowest BCUT2D eigenvalue weighted by Gasteiger charge is -2.21. The number of ether oxygens (including phenoxy) is 1. The topological polar surface area (TPSA) is 61.8 Å². The predicted octanol–water partition coefficient (Wildman–Crippen LogP) is 0.768. The summed E-state index contributed by atoms with van der Waals surface area (Å²) in [6, 6.07) is 7.77. The van der Waals surface area contributed by atoms with Crippen LogP contribution in [0.3, 0.4) is 0 Å². The highest BCUT2D eigenvalue weighted by atomic mass is 16.5. The number of likely N-dealkylation sites (tertiary alicyclic amines) is 1. The number of carbonyl (C=O) groups excluding carboxylic acids is 1. The molecule has 0 spiro atoms. The second-order valence-electron chi connectivity index (χ2n) is 5.07. The normalized spacial score (nSPS) is 19.0. The van der Waals surface area contributed by atoms with E-state index in [4.69, 9.17) is 4.74 Å². The van der Waals surface area contributed by atoms with Gasteiger partial charge in [0.1, 0.15) is 5.75 Å². The summed E-state index contributed by atoms with van der Waals surface area (Å²) in [5, 5.41) is 12.1. The summed E-state index contributed by atoms with van der Waals surface area (Å²) in [7, 11) is 1.63. The molecule has 1 amide bonds. The molecule has 5 heteroatoms. The van der Waals surface area contributed by atoms with E-state index in [1.54, 1.807) is 7.11 Å². The molecular formula is C15H22N2O3. The minimum absolute atomic E-state index is 0.00108. The first-order chi connectivity index (χ1) is 9.72. The number of aliphatic hydroxyl groups is 1. The van der Waals surface area contributed by atoms with Crippen LogP contribution in [0.15, 0.2) is 24.3 Å². The molecule has 1 atom stereocenters. The highest BCUT2D eigenvalue weighted by molar-refractivity contribution is 5.78. The Kier molecular flexibility index (Phi) is 5.38. The number of benzene rings is 1. The summed E-state index contributed by atoms with van der Waals surface area (Å²) in [6.07, 6.45) is 2.03. The zero-order valence-electron chi connectivity index (χ0n) is 11.8. The Morgan fingerprint density at radius 2 is 2.20 bits per heavy atom. The van der Waals surface area contributed by atoms with Crippen molar-refractivity contribution in [2.45, 2.75) is 25.4 Å². The molecule has 0 unspecified atom stereocenters. The van der Waals surface area contributed by atoms with E-state index in [1.807, 2.05) is 29.2 Å². The quantitative estimate of drug-likeness (QED) is 0.807. The van der Waals surface area contributed by atoms with Crippen molar-refractivity contribution in [1.82, 2.24) is 10.2 Å². The molecule has 5 nitrogen and oxygen atoms in total. The van der Waals surface area contributed by atoms with Crippen LogP contribution in [0, 0.1) is 0 Å². The first-order valence-corrected chi connectivity index (χ1v) is 6.97. The van der Waals surface area contributed by atoms with Gasteiger partial charge < -0.3 is 15.2 Å². The lowest BCUT2D eigenvalue weighted by molar-refractivity contribution is -0.122. The monoisotopic (exact) mass is 278 g/mol. The molecule has 0 saturated carbocycles. The Morgan fingerprint density at radius 1 is 1.45 bits per heavy atom. The highest BCUT2D eigenvalue weighted by Gasteiger charge is 2.25. The van der Waals surface area contributed by atoms with Crippen LogP contribution in [0.25, 0.3) is 0 Å². The van der Waals surface area contributed by atoms with Crippen molar-refractivity contribution in [2.24, 2.45) is 0 Å². The van der Waals surface area contributed by atoms with E-state index < -0.39 is 0 Å². The number of aliphatic hydroxyl groups excluding tert-OH is 1. The molecule has 0 aromatic heterocycles. The van der Waals surface area contributed by atoms with E-state index in [2.05, 4.69) is 5.32 Å². The van der Waals surface area contributed by atoms with Gasteiger partial charge in [0.05, 0.1) is 20.3 Å². The minimum atomic E-state index is 0.00108. The Balaban J connectivity index is 1.76. The van der Waals surface area contributed by atoms with Crippen LogP contribution in [0.2, 0.25) is 0 Å². The number of methoxy groups -OCH3 is 1. The Labute approximate surface area is 119 Å². The number of hydrogen-bond acceptors (Lipinski definition) is 4. The predicted molar refractivity (Wildman–Crippen MR) is 76.5 cm³/mol. The number of carbonyl (C=O) groups is 1. The van der Waals surface area contributed by atoms with Crippen molar-refractivity contribution in [3.05, 3.63) is 29.8 Å². The fourth-order valence-electron chi connectivity index (χ4n) is 2.49. The largest absolute Gasteiger partial charge is 0.497 e. The zero-order valence-corrected chi connectivity index (χ0v) is 11.8. The summed E-state index contributed by atoms with van der Waals surface area (Å²) in [5.41, 5.74) is 1.04. The summed E-state index contributed by atoms with van der Waals surface area (Å²) < 4.78 is 5.09. The first-order valence-electron chi connectivity index (χ1n) is 6.97. The number of rotatable bonds is 6. The molecule has 1 aromatic rings. The van der Waals surface area contributed by atoms with E-state index in [0.29, 0.717) is 13.1 Å². The molecule has 1 fully saturated rings. The number of hydrogen-bond donors (Lipinski definition) is 2. The molecule has 1 aliphatic heterocycles. The second kappa shape index (κ2) is 7.26. The third-order valence-corrected chi connectivity index (χ3v) is 3.71. The van der Waals surface area contributed by atoms with Crippen LogP contribution in [0.5, 0.6) is 5.75 Å². The second-order valence-corrected chi connectivity index (χ2v) is 5.07. The standard InChI is InChI=1S/C15H22N2O3/c1-20-14-6-4-12(5-7-14)9-16-15(19)10-17-8-2-3-13(17)11-18/h4-7,13,18H,2-3,8-11H2,1H3,(H,16,19)/t13-/m1/s1. The van der Waals surface area contributed by atoms with E-state index in [9.17, 15) is 9.90 Å². The van der Waals surface area contributed by atoms with Gasteiger partial charge in [-0.2, -0.15) is 0 Å². The molecular weight excluding hydrogens is 256 g/mol. The van der Waals surface area contributed by atoms with Gasteiger partial charge in [-0.3, -0.25) is 9.69 Å². The van der Waals surface area contributed by atoms with Crippen LogP contribution < -0.4 is 10.1 Å². The van der Waals surface area contributed by atoms with Gasteiger partial charge in [0.15, 0.2) is 0 Å². The average molecular weight is 278 g/mol. The van der Waals surface area contributed by atoms with Gasteiger partial charge in [0.2, 0.25) is 5.91 Å². The van der Waals surface area contributed by atoms with Crippen LogP contribution in [-0.2, 0) is 11.3 Å². The maximum atomic E-state index is 11.9. The highest BCUT2D eigenvalue weighted by Crippen LogP contribution is 2.15. The van der Waals surface area contributed by atoms with Crippen molar-refractivity contribution in [3.63, 3.8) is 0 Å². The third kappa shape index (κ3) is 3.95. The Hall–Kier alpha value is -1.59. The van der Waals surface area contributed by atoms with Gasteiger partial charge in [-0.1, -0.05) is 12.1 Å². The van der Waals surface area contributed by atoms with Gasteiger partial charge in [-0.05, 0) is 37.1 Å². The molecule has 0 bridgehead atoms. The van der Waals surface area contributed by atoms with Crippen molar-refractivity contribution in [1.29, 1.82) is 0 Å². The maximum Gasteiger partial charge on any atom is 0.234 e. The molecule has 1 saturated heterocycles. The van der Waals surface area contributed by atoms with Gasteiger partial charge in [-0.15, -0.1) is 0 Å². The summed E-state index contributed by atoms with van der Waals surface area (Å²) in [4.78, 5) is 13.9. The molecule has 2 N–H and O–H groups in total. The van der Waals surface area contributed by atoms with Crippen molar-refractivity contribution < 1.29 is 14.6 Å². The Morgan fingerprint density at radius 3 is 2.85 bits per heavy atom. The van der Waals surface area contributed by atoms with Crippen LogP contribution in [-0.4, -0.2) is 48.8 Å². The summed E-state index contributed by atoms with van der Waals surface area (Å²) in [5.74, 6) is 0.809. The van der Waals surface area contributed by atoms with Crippen molar-refractivity contribution >= 4 is 5.91 Å². The van der Waals surface area contributed by atoms with Crippen molar-refractivity contribution in [2.75, 3.05) is 26.8 Å². The molecule has 0 radical (unpaired) electrons. The van der Waals surface area contributed by atoms with Gasteiger partial charge in [0, 0.05) is 12.6 Å². The van der Waals surface area contributed by atoms with E-state index in [0.717, 1.165) is 30.7 Å². The van der Waals surface area contributed by atoms with Crippen molar-refractivity contribution in [3.8, 4) is 5.75 Å². The fourth-order valence-corrected chi connectivity index (χ4v) is 2.49. The molecule has 0 aliphatic carbocycles. The lowest BCUT2D eigenvalue weighted by Crippen LogP contribution is -2.40. The van der Waals surface area contributed by atoms with Crippen LogP contribution in [0.1, 0.15) is 18.4 Å². The molecule has 20 heavy (non-hydrogen) atoms. The third-order valence-electron chi connectivity index (χ3n) is 3.71. The van der Waals surface area contributed by atoms with E-state index in [1.165, 1.54) is 0 Å². The molecule has 1 aromatic carbocycles. The smallest absolute Gasteiger partial charge is 0.234 e. The van der Waals surface area contributed by atoms with Crippen LogP contribution >= 0.6 is 0 Å². The minimum Gasteiger partial charge on any atom is -0.497 e.